The van der Waals surface area contributed by atoms with E-state index in [1.165, 1.54) is 18.5 Å². The number of nitrogens with zero attached hydrogens (tertiary/aromatic N) is 2. The minimum Gasteiger partial charge on any atom is -0.464 e. The van der Waals surface area contributed by atoms with Crippen LogP contribution in [0.15, 0.2) is 54.9 Å². The van der Waals surface area contributed by atoms with Crippen molar-refractivity contribution in [2.24, 2.45) is 0 Å². The van der Waals surface area contributed by atoms with Gasteiger partial charge in [-0.3, -0.25) is 4.79 Å². The highest BCUT2D eigenvalue weighted by molar-refractivity contribution is 5.94. The molecule has 0 saturated carbocycles. The topological polar surface area (TPSA) is 64.1 Å². The highest BCUT2D eigenvalue weighted by Gasteiger charge is 2.18. The summed E-state index contributed by atoms with van der Waals surface area (Å²) in [5.41, 5.74) is 0.833. The number of nitrogens with one attached hydrogen (secondary N) is 1. The first-order chi connectivity index (χ1) is 11.1. The molecule has 0 radical (unpaired) electrons. The van der Waals surface area contributed by atoms with Crippen LogP contribution in [0.25, 0.3) is 10.9 Å². The number of ether oxygens (including phenoxy) is 1. The number of rotatable bonds is 4. The van der Waals surface area contributed by atoms with Gasteiger partial charge in [0.15, 0.2) is 6.10 Å². The molecule has 0 aliphatic heterocycles. The van der Waals surface area contributed by atoms with Crippen LogP contribution in [0.1, 0.15) is 6.92 Å². The van der Waals surface area contributed by atoms with Crippen molar-refractivity contribution in [2.75, 3.05) is 5.32 Å². The number of para-hydroxylation sites is 2. The standard InChI is InChI=1S/C17H14FN3O2/c1-11(16(22)21-15-9-5-3-7-13(15)18)23-17-12-6-2-4-8-14(12)19-10-20-17/h2-11H,1H3,(H,21,22). The highest BCUT2D eigenvalue weighted by Crippen LogP contribution is 2.22. The number of halogens is 1. The van der Waals surface area contributed by atoms with E-state index in [0.717, 1.165) is 5.52 Å². The molecule has 0 aliphatic rings. The molecule has 0 spiro atoms. The quantitative estimate of drug-likeness (QED) is 0.804. The smallest absolute Gasteiger partial charge is 0.265 e. The first-order valence-electron chi connectivity index (χ1n) is 7.07. The van der Waals surface area contributed by atoms with Gasteiger partial charge in [0.25, 0.3) is 5.91 Å². The normalized spacial score (nSPS) is 11.9. The van der Waals surface area contributed by atoms with Gasteiger partial charge in [-0.15, -0.1) is 0 Å². The lowest BCUT2D eigenvalue weighted by Crippen LogP contribution is -2.30. The zero-order valence-electron chi connectivity index (χ0n) is 12.4. The molecule has 1 N–H and O–H groups in total. The van der Waals surface area contributed by atoms with Crippen LogP contribution in [0.2, 0.25) is 0 Å². The number of hydrogen-bond donors (Lipinski definition) is 1. The van der Waals surface area contributed by atoms with Gasteiger partial charge >= 0.3 is 0 Å². The summed E-state index contributed by atoms with van der Waals surface area (Å²) in [6.45, 7) is 1.58. The molecule has 5 nitrogen and oxygen atoms in total. The molecule has 2 aromatic carbocycles. The SMILES string of the molecule is CC(Oc1ncnc2ccccc12)C(=O)Nc1ccccc1F. The second-order valence-electron chi connectivity index (χ2n) is 4.93. The third-order valence-electron chi connectivity index (χ3n) is 3.30. The molecule has 116 valence electrons. The van der Waals surface area contributed by atoms with Gasteiger partial charge in [0.1, 0.15) is 12.1 Å². The molecule has 3 rings (SSSR count). The minimum absolute atomic E-state index is 0.112. The number of carbonyl (C=O) groups is 1. The average Bonchev–Trinajstić information content (AvgIpc) is 2.57. The van der Waals surface area contributed by atoms with E-state index in [2.05, 4.69) is 15.3 Å². The lowest BCUT2D eigenvalue weighted by molar-refractivity contribution is -0.122. The van der Waals surface area contributed by atoms with Crippen LogP contribution in [-0.2, 0) is 4.79 Å². The van der Waals surface area contributed by atoms with Crippen LogP contribution in [-0.4, -0.2) is 22.0 Å². The molecule has 1 unspecified atom stereocenters. The van der Waals surface area contributed by atoms with Crippen LogP contribution in [0.4, 0.5) is 10.1 Å². The van der Waals surface area contributed by atoms with Gasteiger partial charge < -0.3 is 10.1 Å². The van der Waals surface area contributed by atoms with Gasteiger partial charge in [-0.25, -0.2) is 14.4 Å². The predicted molar refractivity (Wildman–Crippen MR) is 84.7 cm³/mol. The van der Waals surface area contributed by atoms with Crippen LogP contribution in [0.3, 0.4) is 0 Å². The Morgan fingerprint density at radius 1 is 1.13 bits per heavy atom. The fraction of sp³-hybridized carbons (Fsp3) is 0.118. The van der Waals surface area contributed by atoms with Gasteiger partial charge in [0, 0.05) is 0 Å². The fourth-order valence-electron chi connectivity index (χ4n) is 2.09. The Balaban J connectivity index is 1.77. The second-order valence-corrected chi connectivity index (χ2v) is 4.93. The second kappa shape index (κ2) is 6.39. The van der Waals surface area contributed by atoms with E-state index in [1.54, 1.807) is 19.1 Å². The molecule has 6 heteroatoms. The van der Waals surface area contributed by atoms with Crippen molar-refractivity contribution in [3.63, 3.8) is 0 Å². The summed E-state index contributed by atoms with van der Waals surface area (Å²) >= 11 is 0. The molecule has 0 bridgehead atoms. The summed E-state index contributed by atoms with van der Waals surface area (Å²) in [5.74, 6) is -0.648. The maximum absolute atomic E-state index is 13.6. The van der Waals surface area contributed by atoms with Crippen molar-refractivity contribution < 1.29 is 13.9 Å². The number of anilines is 1. The molecule has 1 amide bonds. The number of carbonyl (C=O) groups excluding carboxylic acids is 1. The predicted octanol–water partition coefficient (Wildman–Crippen LogP) is 3.17. The van der Waals surface area contributed by atoms with Gasteiger partial charge in [-0.05, 0) is 31.2 Å². The molecule has 0 saturated heterocycles. The third kappa shape index (κ3) is 3.26. The molecular weight excluding hydrogens is 297 g/mol. The molecule has 0 fully saturated rings. The summed E-state index contributed by atoms with van der Waals surface area (Å²) in [7, 11) is 0. The Morgan fingerprint density at radius 2 is 1.87 bits per heavy atom. The number of aromatic nitrogens is 2. The largest absolute Gasteiger partial charge is 0.464 e. The van der Waals surface area contributed by atoms with Gasteiger partial charge in [-0.1, -0.05) is 24.3 Å². The molecule has 0 aliphatic carbocycles. The first kappa shape index (κ1) is 14.9. The van der Waals surface area contributed by atoms with Crippen molar-refractivity contribution in [1.82, 2.24) is 9.97 Å². The minimum atomic E-state index is -0.840. The molecule has 3 aromatic rings. The lowest BCUT2D eigenvalue weighted by atomic mass is 10.2. The highest BCUT2D eigenvalue weighted by atomic mass is 19.1. The number of amides is 1. The van der Waals surface area contributed by atoms with Gasteiger partial charge in [0.05, 0.1) is 16.6 Å². The van der Waals surface area contributed by atoms with E-state index in [0.29, 0.717) is 11.3 Å². The molecular formula is C17H14FN3O2. The summed E-state index contributed by atoms with van der Waals surface area (Å²) in [5, 5.41) is 3.20. The van der Waals surface area contributed by atoms with Crippen LogP contribution < -0.4 is 10.1 Å². The van der Waals surface area contributed by atoms with Crippen molar-refractivity contribution in [3.05, 3.63) is 60.7 Å². The van der Waals surface area contributed by atoms with Crippen LogP contribution in [0.5, 0.6) is 5.88 Å². The van der Waals surface area contributed by atoms with Crippen LogP contribution >= 0.6 is 0 Å². The van der Waals surface area contributed by atoms with E-state index < -0.39 is 17.8 Å². The fourth-order valence-corrected chi connectivity index (χ4v) is 2.09. The zero-order chi connectivity index (χ0) is 16.2. The van der Waals surface area contributed by atoms with Crippen molar-refractivity contribution in [3.8, 4) is 5.88 Å². The first-order valence-corrected chi connectivity index (χ1v) is 7.07. The Labute approximate surface area is 132 Å². The summed E-state index contributed by atoms with van der Waals surface area (Å²) in [6, 6.07) is 13.3. The van der Waals surface area contributed by atoms with Crippen molar-refractivity contribution >= 4 is 22.5 Å². The maximum Gasteiger partial charge on any atom is 0.265 e. The maximum atomic E-state index is 13.6. The molecule has 1 atom stereocenters. The van der Waals surface area contributed by atoms with Crippen LogP contribution in [0, 0.1) is 5.82 Å². The van der Waals surface area contributed by atoms with E-state index in [9.17, 15) is 9.18 Å². The molecule has 1 aromatic heterocycles. The monoisotopic (exact) mass is 311 g/mol. The van der Waals surface area contributed by atoms with Crippen molar-refractivity contribution in [1.29, 1.82) is 0 Å². The number of benzene rings is 2. The van der Waals surface area contributed by atoms with E-state index >= 15 is 0 Å². The Kier molecular flexibility index (Phi) is 4.14. The van der Waals surface area contributed by atoms with Crippen molar-refractivity contribution in [2.45, 2.75) is 13.0 Å². The zero-order valence-corrected chi connectivity index (χ0v) is 12.4. The number of hydrogen-bond acceptors (Lipinski definition) is 4. The Hall–Kier alpha value is -3.02. The van der Waals surface area contributed by atoms with E-state index in [-0.39, 0.29) is 5.69 Å². The van der Waals surface area contributed by atoms with Gasteiger partial charge in [-0.2, -0.15) is 0 Å². The summed E-state index contributed by atoms with van der Waals surface area (Å²) in [4.78, 5) is 20.4. The number of fused-ring (bicyclic) bond motifs is 1. The average molecular weight is 311 g/mol. The van der Waals surface area contributed by atoms with Gasteiger partial charge in [0.2, 0.25) is 5.88 Å². The Bertz CT molecular complexity index is 849. The molecule has 1 heterocycles. The van der Waals surface area contributed by atoms with E-state index in [4.69, 9.17) is 4.74 Å². The molecule has 23 heavy (non-hydrogen) atoms. The Morgan fingerprint density at radius 3 is 2.70 bits per heavy atom. The van der Waals surface area contributed by atoms with E-state index in [1.807, 2.05) is 24.3 Å². The summed E-state index contributed by atoms with van der Waals surface area (Å²) < 4.78 is 19.2. The third-order valence-corrected chi connectivity index (χ3v) is 3.30. The lowest BCUT2D eigenvalue weighted by Gasteiger charge is -2.15. The summed E-state index contributed by atoms with van der Waals surface area (Å²) in [6.07, 6.45) is 0.534.